The Morgan fingerprint density at radius 1 is 1.07 bits per heavy atom. The molecule has 1 saturated carbocycles. The van der Waals surface area contributed by atoms with Crippen LogP contribution in [0.25, 0.3) is 11.5 Å². The van der Waals surface area contributed by atoms with Crippen molar-refractivity contribution in [1.82, 2.24) is 9.88 Å². The highest BCUT2D eigenvalue weighted by Crippen LogP contribution is 2.43. The van der Waals surface area contributed by atoms with E-state index in [4.69, 9.17) is 4.42 Å². The number of hydrogen-bond donors (Lipinski definition) is 1. The molecule has 1 aliphatic rings. The standard InChI is InChI=1S/C24H25N3O3/c1-15-8-7-9-16(2)20(15)25-19(28)14-27(3)24(29)21-22(17-12-13-17)30-23(26-21)18-10-5-4-6-11-18/h4-11,17H,12-14H2,1-3H3,(H,25,28). The summed E-state index contributed by atoms with van der Waals surface area (Å²) in [6, 6.07) is 15.4. The van der Waals surface area contributed by atoms with Crippen molar-refractivity contribution in [2.24, 2.45) is 0 Å². The highest BCUT2D eigenvalue weighted by molar-refractivity contribution is 5.99. The fourth-order valence-electron chi connectivity index (χ4n) is 3.47. The highest BCUT2D eigenvalue weighted by Gasteiger charge is 2.35. The van der Waals surface area contributed by atoms with E-state index in [0.29, 0.717) is 17.3 Å². The van der Waals surface area contributed by atoms with E-state index in [1.54, 1.807) is 7.05 Å². The predicted molar refractivity (Wildman–Crippen MR) is 115 cm³/mol. The monoisotopic (exact) mass is 403 g/mol. The third kappa shape index (κ3) is 4.13. The average Bonchev–Trinajstić information content (AvgIpc) is 3.49. The van der Waals surface area contributed by atoms with Gasteiger partial charge in [-0.2, -0.15) is 0 Å². The smallest absolute Gasteiger partial charge is 0.276 e. The van der Waals surface area contributed by atoms with Gasteiger partial charge in [0, 0.05) is 24.2 Å². The van der Waals surface area contributed by atoms with Crippen LogP contribution in [0.1, 0.15) is 46.1 Å². The molecule has 1 fully saturated rings. The van der Waals surface area contributed by atoms with Crippen LogP contribution in [0.5, 0.6) is 0 Å². The SMILES string of the molecule is Cc1cccc(C)c1NC(=O)CN(C)C(=O)c1nc(-c2ccccc2)oc1C1CC1. The molecular weight excluding hydrogens is 378 g/mol. The lowest BCUT2D eigenvalue weighted by Gasteiger charge is -2.17. The zero-order valence-corrected chi connectivity index (χ0v) is 17.4. The van der Waals surface area contributed by atoms with Gasteiger partial charge in [0.2, 0.25) is 11.8 Å². The van der Waals surface area contributed by atoms with Crippen molar-refractivity contribution in [2.75, 3.05) is 18.9 Å². The maximum atomic E-state index is 13.1. The van der Waals surface area contributed by atoms with Crippen molar-refractivity contribution in [3.8, 4) is 11.5 Å². The second-order valence-electron chi connectivity index (χ2n) is 7.85. The first-order valence-electron chi connectivity index (χ1n) is 10.1. The molecule has 0 radical (unpaired) electrons. The Bertz CT molecular complexity index is 1060. The Labute approximate surface area is 175 Å². The average molecular weight is 403 g/mol. The molecule has 6 nitrogen and oxygen atoms in total. The number of anilines is 1. The summed E-state index contributed by atoms with van der Waals surface area (Å²) in [5.41, 5.74) is 3.89. The Kier molecular flexibility index (Phi) is 5.40. The van der Waals surface area contributed by atoms with Crippen LogP contribution in [-0.4, -0.2) is 35.3 Å². The largest absolute Gasteiger partial charge is 0.440 e. The zero-order valence-electron chi connectivity index (χ0n) is 17.4. The molecule has 0 bridgehead atoms. The van der Waals surface area contributed by atoms with Gasteiger partial charge in [-0.05, 0) is 49.9 Å². The summed E-state index contributed by atoms with van der Waals surface area (Å²) in [6.45, 7) is 3.82. The number of carbonyl (C=O) groups excluding carboxylic acids is 2. The van der Waals surface area contributed by atoms with Crippen LogP contribution in [0.3, 0.4) is 0 Å². The van der Waals surface area contributed by atoms with Crippen molar-refractivity contribution in [1.29, 1.82) is 0 Å². The molecule has 0 saturated heterocycles. The summed E-state index contributed by atoms with van der Waals surface area (Å²) >= 11 is 0. The summed E-state index contributed by atoms with van der Waals surface area (Å²) in [4.78, 5) is 31.5. The minimum atomic E-state index is -0.306. The second-order valence-corrected chi connectivity index (χ2v) is 7.85. The number of nitrogens with one attached hydrogen (secondary N) is 1. The fourth-order valence-corrected chi connectivity index (χ4v) is 3.47. The lowest BCUT2D eigenvalue weighted by Crippen LogP contribution is -2.35. The molecule has 0 unspecified atom stereocenters. The van der Waals surface area contributed by atoms with E-state index in [1.165, 1.54) is 4.90 Å². The van der Waals surface area contributed by atoms with Crippen molar-refractivity contribution >= 4 is 17.5 Å². The molecule has 1 aromatic heterocycles. The van der Waals surface area contributed by atoms with Crippen molar-refractivity contribution in [3.63, 3.8) is 0 Å². The van der Waals surface area contributed by atoms with Crippen molar-refractivity contribution < 1.29 is 14.0 Å². The minimum absolute atomic E-state index is 0.0652. The Hall–Kier alpha value is -3.41. The van der Waals surface area contributed by atoms with E-state index >= 15 is 0 Å². The normalized spacial score (nSPS) is 13.2. The van der Waals surface area contributed by atoms with Gasteiger partial charge in [0.05, 0.1) is 6.54 Å². The third-order valence-corrected chi connectivity index (χ3v) is 5.30. The number of carbonyl (C=O) groups is 2. The summed E-state index contributed by atoms with van der Waals surface area (Å²) in [6.07, 6.45) is 1.97. The first kappa shape index (κ1) is 19.9. The lowest BCUT2D eigenvalue weighted by molar-refractivity contribution is -0.116. The Balaban J connectivity index is 1.51. The van der Waals surface area contributed by atoms with Gasteiger partial charge in [0.25, 0.3) is 5.91 Å². The summed E-state index contributed by atoms with van der Waals surface area (Å²) < 4.78 is 5.97. The quantitative estimate of drug-likeness (QED) is 0.655. The molecule has 2 amide bonds. The van der Waals surface area contributed by atoms with Crippen LogP contribution in [0.15, 0.2) is 52.9 Å². The predicted octanol–water partition coefficient (Wildman–Crippen LogP) is 4.55. The number of rotatable bonds is 6. The molecule has 0 aliphatic heterocycles. The second kappa shape index (κ2) is 8.14. The first-order chi connectivity index (χ1) is 14.4. The van der Waals surface area contributed by atoms with E-state index in [9.17, 15) is 9.59 Å². The molecule has 1 heterocycles. The van der Waals surface area contributed by atoms with Crippen LogP contribution in [-0.2, 0) is 4.79 Å². The van der Waals surface area contributed by atoms with Gasteiger partial charge in [0.1, 0.15) is 5.76 Å². The molecule has 6 heteroatoms. The van der Waals surface area contributed by atoms with Crippen LogP contribution < -0.4 is 5.32 Å². The molecule has 1 N–H and O–H groups in total. The Morgan fingerprint density at radius 3 is 2.37 bits per heavy atom. The molecular formula is C24H25N3O3. The molecule has 0 spiro atoms. The summed E-state index contributed by atoms with van der Waals surface area (Å²) in [5.74, 6) is 0.739. The van der Waals surface area contributed by atoms with Crippen LogP contribution in [0.4, 0.5) is 5.69 Å². The number of aryl methyl sites for hydroxylation is 2. The first-order valence-corrected chi connectivity index (χ1v) is 10.1. The van der Waals surface area contributed by atoms with Gasteiger partial charge in [0.15, 0.2) is 5.69 Å². The molecule has 2 aromatic carbocycles. The number of para-hydroxylation sites is 1. The van der Waals surface area contributed by atoms with Crippen LogP contribution in [0, 0.1) is 13.8 Å². The molecule has 1 aliphatic carbocycles. The highest BCUT2D eigenvalue weighted by atomic mass is 16.4. The third-order valence-electron chi connectivity index (χ3n) is 5.30. The summed E-state index contributed by atoms with van der Waals surface area (Å²) in [7, 11) is 1.61. The molecule has 30 heavy (non-hydrogen) atoms. The van der Waals surface area contributed by atoms with E-state index < -0.39 is 0 Å². The summed E-state index contributed by atoms with van der Waals surface area (Å²) in [5, 5.41) is 2.92. The van der Waals surface area contributed by atoms with Gasteiger partial charge in [-0.3, -0.25) is 9.59 Å². The molecule has 3 aromatic rings. The van der Waals surface area contributed by atoms with E-state index in [1.807, 2.05) is 62.4 Å². The number of oxazole rings is 1. The maximum Gasteiger partial charge on any atom is 0.276 e. The number of hydrogen-bond acceptors (Lipinski definition) is 4. The van der Waals surface area contributed by atoms with Gasteiger partial charge in [-0.15, -0.1) is 0 Å². The topological polar surface area (TPSA) is 75.4 Å². The van der Waals surface area contributed by atoms with Gasteiger partial charge in [-0.1, -0.05) is 36.4 Å². The van der Waals surface area contributed by atoms with Crippen LogP contribution >= 0.6 is 0 Å². The van der Waals surface area contributed by atoms with E-state index in [-0.39, 0.29) is 24.3 Å². The zero-order chi connectivity index (χ0) is 21.3. The van der Waals surface area contributed by atoms with Gasteiger partial charge in [-0.25, -0.2) is 4.98 Å². The number of amides is 2. The molecule has 154 valence electrons. The van der Waals surface area contributed by atoms with E-state index in [0.717, 1.165) is 35.2 Å². The number of likely N-dealkylation sites (N-methyl/N-ethyl adjacent to an activating group) is 1. The van der Waals surface area contributed by atoms with Crippen LogP contribution in [0.2, 0.25) is 0 Å². The van der Waals surface area contributed by atoms with Gasteiger partial charge < -0.3 is 14.6 Å². The van der Waals surface area contributed by atoms with Gasteiger partial charge >= 0.3 is 0 Å². The number of benzene rings is 2. The van der Waals surface area contributed by atoms with E-state index in [2.05, 4.69) is 10.3 Å². The molecule has 0 atom stereocenters. The number of aromatic nitrogens is 1. The fraction of sp³-hybridized carbons (Fsp3) is 0.292. The van der Waals surface area contributed by atoms with Crippen molar-refractivity contribution in [2.45, 2.75) is 32.6 Å². The maximum absolute atomic E-state index is 13.1. The number of nitrogens with zero attached hydrogens (tertiary/aromatic N) is 2. The lowest BCUT2D eigenvalue weighted by atomic mass is 10.1. The minimum Gasteiger partial charge on any atom is -0.440 e. The Morgan fingerprint density at radius 2 is 1.73 bits per heavy atom. The molecule has 4 rings (SSSR count). The van der Waals surface area contributed by atoms with Crippen molar-refractivity contribution in [3.05, 3.63) is 71.1 Å².